The summed E-state index contributed by atoms with van der Waals surface area (Å²) < 4.78 is 5.78. The van der Waals surface area contributed by atoms with E-state index in [1.165, 1.54) is 0 Å². The highest BCUT2D eigenvalue weighted by Gasteiger charge is 2.17. The highest BCUT2D eigenvalue weighted by Crippen LogP contribution is 2.20. The highest BCUT2D eigenvalue weighted by molar-refractivity contribution is 6.17. The first-order valence-corrected chi connectivity index (χ1v) is 5.73. The molecule has 0 aliphatic heterocycles. The fourth-order valence-electron chi connectivity index (χ4n) is 1.12. The van der Waals surface area contributed by atoms with Crippen molar-refractivity contribution in [3.63, 3.8) is 0 Å². The third-order valence-corrected chi connectivity index (χ3v) is 2.83. The first-order chi connectivity index (χ1) is 6.98. The van der Waals surface area contributed by atoms with Crippen molar-refractivity contribution in [1.29, 1.82) is 0 Å². The minimum atomic E-state index is -0.165. The molecule has 2 nitrogen and oxygen atoms in total. The molecule has 0 aliphatic rings. The van der Waals surface area contributed by atoms with E-state index in [1.807, 2.05) is 19.1 Å². The number of halogens is 1. The fraction of sp³-hybridized carbons (Fsp3) is 0.583. The Morgan fingerprint density at radius 2 is 2.07 bits per heavy atom. The summed E-state index contributed by atoms with van der Waals surface area (Å²) in [5, 5.41) is 0. The number of aryl methyl sites for hydroxylation is 1. The van der Waals surface area contributed by atoms with Crippen LogP contribution in [-0.2, 0) is 5.88 Å². The van der Waals surface area contributed by atoms with Gasteiger partial charge in [0.25, 0.3) is 0 Å². The standard InChI is InChI=1S/C12H18ClNO/c1-5-12(3,4)15-11-7-6-10(8-13)9(2)14-11/h6-7H,5,8H2,1-4H3. The van der Waals surface area contributed by atoms with Gasteiger partial charge in [-0.2, -0.15) is 0 Å². The molecule has 1 rings (SSSR count). The third-order valence-electron chi connectivity index (χ3n) is 2.55. The number of pyridine rings is 1. The lowest BCUT2D eigenvalue weighted by Gasteiger charge is -2.24. The van der Waals surface area contributed by atoms with Crippen molar-refractivity contribution in [2.24, 2.45) is 0 Å². The fourth-order valence-corrected chi connectivity index (χ4v) is 1.40. The average molecular weight is 228 g/mol. The summed E-state index contributed by atoms with van der Waals surface area (Å²) >= 11 is 5.76. The van der Waals surface area contributed by atoms with Gasteiger partial charge in [-0.15, -0.1) is 11.6 Å². The van der Waals surface area contributed by atoms with Gasteiger partial charge >= 0.3 is 0 Å². The Labute approximate surface area is 96.6 Å². The molecular formula is C12H18ClNO. The molecule has 1 heterocycles. The minimum absolute atomic E-state index is 0.165. The lowest BCUT2D eigenvalue weighted by atomic mass is 10.1. The Kier molecular flexibility index (Phi) is 3.97. The van der Waals surface area contributed by atoms with Crippen molar-refractivity contribution in [3.05, 3.63) is 23.4 Å². The van der Waals surface area contributed by atoms with E-state index in [4.69, 9.17) is 16.3 Å². The molecule has 0 radical (unpaired) electrons. The molecule has 0 saturated heterocycles. The Morgan fingerprint density at radius 1 is 1.40 bits per heavy atom. The zero-order valence-corrected chi connectivity index (χ0v) is 10.6. The Balaban J connectivity index is 2.84. The van der Waals surface area contributed by atoms with E-state index >= 15 is 0 Å². The number of hydrogen-bond donors (Lipinski definition) is 0. The topological polar surface area (TPSA) is 22.1 Å². The van der Waals surface area contributed by atoms with Crippen molar-refractivity contribution in [2.75, 3.05) is 0 Å². The van der Waals surface area contributed by atoms with Crippen molar-refractivity contribution >= 4 is 11.6 Å². The van der Waals surface area contributed by atoms with E-state index in [0.717, 1.165) is 17.7 Å². The summed E-state index contributed by atoms with van der Waals surface area (Å²) in [5.74, 6) is 1.17. The van der Waals surface area contributed by atoms with Gasteiger partial charge in [-0.05, 0) is 32.8 Å². The molecule has 0 atom stereocenters. The van der Waals surface area contributed by atoms with Crippen LogP contribution in [0.15, 0.2) is 12.1 Å². The first kappa shape index (κ1) is 12.3. The molecule has 3 heteroatoms. The molecule has 15 heavy (non-hydrogen) atoms. The van der Waals surface area contributed by atoms with Crippen LogP contribution >= 0.6 is 11.6 Å². The SMILES string of the molecule is CCC(C)(C)Oc1ccc(CCl)c(C)n1. The second-order valence-electron chi connectivity index (χ2n) is 4.24. The summed E-state index contributed by atoms with van der Waals surface area (Å²) in [6.07, 6.45) is 0.949. The predicted molar refractivity (Wildman–Crippen MR) is 63.5 cm³/mol. The predicted octanol–water partition coefficient (Wildman–Crippen LogP) is 3.70. The lowest BCUT2D eigenvalue weighted by Crippen LogP contribution is -2.27. The molecule has 84 valence electrons. The molecule has 1 aromatic heterocycles. The molecular weight excluding hydrogens is 210 g/mol. The van der Waals surface area contributed by atoms with E-state index in [0.29, 0.717) is 11.8 Å². The molecule has 0 N–H and O–H groups in total. The van der Waals surface area contributed by atoms with Crippen LogP contribution in [0.2, 0.25) is 0 Å². The summed E-state index contributed by atoms with van der Waals surface area (Å²) in [7, 11) is 0. The monoisotopic (exact) mass is 227 g/mol. The summed E-state index contributed by atoms with van der Waals surface area (Å²) in [5.41, 5.74) is 1.83. The molecule has 0 amide bonds. The molecule has 0 unspecified atom stereocenters. The normalized spacial score (nSPS) is 11.5. The van der Waals surface area contributed by atoms with Crippen molar-refractivity contribution in [3.8, 4) is 5.88 Å². The van der Waals surface area contributed by atoms with Gasteiger partial charge in [0.2, 0.25) is 5.88 Å². The number of nitrogens with zero attached hydrogens (tertiary/aromatic N) is 1. The van der Waals surface area contributed by atoms with Crippen LogP contribution in [0.5, 0.6) is 5.88 Å². The van der Waals surface area contributed by atoms with Gasteiger partial charge < -0.3 is 4.74 Å². The third kappa shape index (κ3) is 3.38. The average Bonchev–Trinajstić information content (AvgIpc) is 2.17. The van der Waals surface area contributed by atoms with Crippen molar-refractivity contribution < 1.29 is 4.74 Å². The molecule has 0 aromatic carbocycles. The van der Waals surface area contributed by atoms with Gasteiger partial charge in [0.05, 0.1) is 0 Å². The van der Waals surface area contributed by atoms with Crippen LogP contribution in [0.25, 0.3) is 0 Å². The number of aromatic nitrogens is 1. The van der Waals surface area contributed by atoms with Crippen LogP contribution in [0, 0.1) is 6.92 Å². The van der Waals surface area contributed by atoms with E-state index < -0.39 is 0 Å². The Hall–Kier alpha value is -0.760. The van der Waals surface area contributed by atoms with Gasteiger partial charge in [0, 0.05) is 17.6 Å². The van der Waals surface area contributed by atoms with Crippen LogP contribution in [-0.4, -0.2) is 10.6 Å². The Morgan fingerprint density at radius 3 is 2.53 bits per heavy atom. The zero-order valence-electron chi connectivity index (χ0n) is 9.80. The number of hydrogen-bond acceptors (Lipinski definition) is 2. The zero-order chi connectivity index (χ0) is 11.5. The van der Waals surface area contributed by atoms with Crippen LogP contribution < -0.4 is 4.74 Å². The maximum atomic E-state index is 5.78. The molecule has 0 fully saturated rings. The smallest absolute Gasteiger partial charge is 0.213 e. The van der Waals surface area contributed by atoms with E-state index in [2.05, 4.69) is 25.8 Å². The van der Waals surface area contributed by atoms with Gasteiger partial charge in [0.1, 0.15) is 5.60 Å². The summed E-state index contributed by atoms with van der Waals surface area (Å²) in [6, 6.07) is 3.85. The molecule has 0 bridgehead atoms. The van der Waals surface area contributed by atoms with Crippen LogP contribution in [0.1, 0.15) is 38.4 Å². The lowest BCUT2D eigenvalue weighted by molar-refractivity contribution is 0.0988. The van der Waals surface area contributed by atoms with E-state index in [1.54, 1.807) is 0 Å². The Bertz CT molecular complexity index is 336. The quantitative estimate of drug-likeness (QED) is 0.732. The summed E-state index contributed by atoms with van der Waals surface area (Å²) in [6.45, 7) is 8.16. The first-order valence-electron chi connectivity index (χ1n) is 5.20. The molecule has 0 aliphatic carbocycles. The van der Waals surface area contributed by atoms with Gasteiger partial charge in [-0.3, -0.25) is 0 Å². The largest absolute Gasteiger partial charge is 0.472 e. The molecule has 1 aromatic rings. The maximum Gasteiger partial charge on any atom is 0.213 e. The number of rotatable bonds is 4. The van der Waals surface area contributed by atoms with Crippen molar-refractivity contribution in [2.45, 2.75) is 45.6 Å². The van der Waals surface area contributed by atoms with Gasteiger partial charge in [-0.1, -0.05) is 13.0 Å². The number of ether oxygens (including phenoxy) is 1. The molecule has 0 spiro atoms. The second kappa shape index (κ2) is 4.84. The van der Waals surface area contributed by atoms with Gasteiger partial charge in [-0.25, -0.2) is 4.98 Å². The van der Waals surface area contributed by atoms with Crippen LogP contribution in [0.4, 0.5) is 0 Å². The summed E-state index contributed by atoms with van der Waals surface area (Å²) in [4.78, 5) is 4.37. The second-order valence-corrected chi connectivity index (χ2v) is 4.51. The molecule has 0 saturated carbocycles. The highest BCUT2D eigenvalue weighted by atomic mass is 35.5. The van der Waals surface area contributed by atoms with Gasteiger partial charge in [0.15, 0.2) is 0 Å². The van der Waals surface area contributed by atoms with Crippen molar-refractivity contribution in [1.82, 2.24) is 4.98 Å². The van der Waals surface area contributed by atoms with E-state index in [9.17, 15) is 0 Å². The van der Waals surface area contributed by atoms with Crippen LogP contribution in [0.3, 0.4) is 0 Å². The minimum Gasteiger partial charge on any atom is -0.472 e. The maximum absolute atomic E-state index is 5.78. The number of alkyl halides is 1. The van der Waals surface area contributed by atoms with E-state index in [-0.39, 0.29) is 5.60 Å².